The van der Waals surface area contributed by atoms with Crippen LogP contribution in [0.15, 0.2) is 42.5 Å². The second-order valence-electron chi connectivity index (χ2n) is 6.56. The molecule has 0 saturated heterocycles. The summed E-state index contributed by atoms with van der Waals surface area (Å²) < 4.78 is 38.4. The Labute approximate surface area is 172 Å². The smallest absolute Gasteiger partial charge is 0.333 e. The van der Waals surface area contributed by atoms with Crippen molar-refractivity contribution in [1.82, 2.24) is 4.90 Å². The summed E-state index contributed by atoms with van der Waals surface area (Å²) in [4.78, 5) is 25.6. The van der Waals surface area contributed by atoms with Gasteiger partial charge in [-0.3, -0.25) is 9.59 Å². The van der Waals surface area contributed by atoms with Crippen LogP contribution < -0.4 is 5.32 Å². The van der Waals surface area contributed by atoms with Crippen molar-refractivity contribution in [2.75, 3.05) is 18.9 Å². The molecule has 0 fully saturated rings. The summed E-state index contributed by atoms with van der Waals surface area (Å²) in [7, 11) is 1.42. The number of anilines is 1. The molecular formula is C21H20ClF3N2O2. The van der Waals surface area contributed by atoms with E-state index in [-0.39, 0.29) is 23.0 Å². The summed E-state index contributed by atoms with van der Waals surface area (Å²) in [5.41, 5.74) is 1.79. The number of halogens is 4. The number of aryl methyl sites for hydroxylation is 1. The monoisotopic (exact) mass is 424 g/mol. The van der Waals surface area contributed by atoms with Gasteiger partial charge < -0.3 is 10.2 Å². The van der Waals surface area contributed by atoms with E-state index in [1.54, 1.807) is 6.07 Å². The first-order valence-electron chi connectivity index (χ1n) is 8.65. The van der Waals surface area contributed by atoms with E-state index in [1.807, 2.05) is 26.0 Å². The number of benzene rings is 2. The molecule has 0 aromatic heterocycles. The zero-order valence-corrected chi connectivity index (χ0v) is 16.9. The lowest BCUT2D eigenvalue weighted by Gasteiger charge is -2.16. The van der Waals surface area contributed by atoms with Crippen molar-refractivity contribution >= 4 is 35.2 Å². The van der Waals surface area contributed by atoms with Crippen LogP contribution in [0.2, 0.25) is 5.02 Å². The van der Waals surface area contributed by atoms with Gasteiger partial charge in [0.05, 0.1) is 12.1 Å². The molecule has 2 amide bonds. The predicted molar refractivity (Wildman–Crippen MR) is 108 cm³/mol. The van der Waals surface area contributed by atoms with Gasteiger partial charge in [0.1, 0.15) is 0 Å². The number of hydrogen-bond acceptors (Lipinski definition) is 2. The highest BCUT2D eigenvalue weighted by molar-refractivity contribution is 6.32. The van der Waals surface area contributed by atoms with Gasteiger partial charge in [0.25, 0.3) is 0 Å². The fraction of sp³-hybridized carbons (Fsp3) is 0.238. The maximum Gasteiger partial charge on any atom is 0.416 e. The fourth-order valence-corrected chi connectivity index (χ4v) is 2.69. The van der Waals surface area contributed by atoms with Crippen molar-refractivity contribution in [1.29, 1.82) is 0 Å². The Morgan fingerprint density at radius 2 is 1.86 bits per heavy atom. The van der Waals surface area contributed by atoms with Crippen molar-refractivity contribution in [3.05, 3.63) is 69.8 Å². The molecule has 0 aliphatic rings. The quantitative estimate of drug-likeness (QED) is 0.680. The minimum atomic E-state index is -4.51. The molecule has 154 valence electrons. The SMILES string of the molecule is Cc1cccc(NC(=O)CN(C)C(=O)/C=C/c2cc(C(F)(F)F)ccc2Cl)c1C. The molecular weight excluding hydrogens is 405 g/mol. The molecule has 1 N–H and O–H groups in total. The zero-order valence-electron chi connectivity index (χ0n) is 16.1. The second kappa shape index (κ2) is 9.13. The van der Waals surface area contributed by atoms with Crippen molar-refractivity contribution in [3.63, 3.8) is 0 Å². The van der Waals surface area contributed by atoms with Crippen molar-refractivity contribution in [2.24, 2.45) is 0 Å². The zero-order chi connectivity index (χ0) is 21.8. The molecule has 0 spiro atoms. The molecule has 0 unspecified atom stereocenters. The number of alkyl halides is 3. The molecule has 2 rings (SSSR count). The van der Waals surface area contributed by atoms with E-state index >= 15 is 0 Å². The molecule has 0 bridgehead atoms. The molecule has 0 heterocycles. The lowest BCUT2D eigenvalue weighted by atomic mass is 10.1. The second-order valence-corrected chi connectivity index (χ2v) is 6.96. The first kappa shape index (κ1) is 22.5. The predicted octanol–water partition coefficient (Wildman–Crippen LogP) is 5.09. The Bertz CT molecular complexity index is 955. The molecule has 0 radical (unpaired) electrons. The van der Waals surface area contributed by atoms with Crippen LogP contribution in [0, 0.1) is 13.8 Å². The number of carbonyl (C=O) groups excluding carboxylic acids is 2. The van der Waals surface area contributed by atoms with Crippen molar-refractivity contribution in [2.45, 2.75) is 20.0 Å². The van der Waals surface area contributed by atoms with Gasteiger partial charge in [-0.1, -0.05) is 23.7 Å². The summed E-state index contributed by atoms with van der Waals surface area (Å²) in [5, 5.41) is 2.82. The lowest BCUT2D eigenvalue weighted by Crippen LogP contribution is -2.34. The number of nitrogens with zero attached hydrogens (tertiary/aromatic N) is 1. The number of nitrogens with one attached hydrogen (secondary N) is 1. The van der Waals surface area contributed by atoms with Gasteiger partial charge in [0, 0.05) is 23.8 Å². The van der Waals surface area contributed by atoms with E-state index in [1.165, 1.54) is 13.1 Å². The Morgan fingerprint density at radius 3 is 2.52 bits per heavy atom. The third-order valence-corrected chi connectivity index (χ3v) is 4.71. The maximum absolute atomic E-state index is 12.8. The van der Waals surface area contributed by atoms with E-state index in [0.29, 0.717) is 5.69 Å². The van der Waals surface area contributed by atoms with Crippen LogP contribution in [-0.2, 0) is 15.8 Å². The van der Waals surface area contributed by atoms with Crippen LogP contribution in [0.25, 0.3) is 6.08 Å². The molecule has 2 aromatic carbocycles. The number of amides is 2. The molecule has 0 saturated carbocycles. The Hall–Kier alpha value is -2.80. The van der Waals surface area contributed by atoms with Crippen LogP contribution in [0.5, 0.6) is 0 Å². The number of likely N-dealkylation sites (N-methyl/N-ethyl adjacent to an activating group) is 1. The lowest BCUT2D eigenvalue weighted by molar-refractivity contribution is -0.137. The third kappa shape index (κ3) is 6.09. The van der Waals surface area contributed by atoms with Crippen LogP contribution in [0.4, 0.5) is 18.9 Å². The summed E-state index contributed by atoms with van der Waals surface area (Å²) in [6.07, 6.45) is -2.24. The highest BCUT2D eigenvalue weighted by atomic mass is 35.5. The van der Waals surface area contributed by atoms with E-state index in [0.717, 1.165) is 40.3 Å². The first-order valence-corrected chi connectivity index (χ1v) is 9.03. The van der Waals surface area contributed by atoms with Gasteiger partial charge in [-0.05, 0) is 60.9 Å². The average molecular weight is 425 g/mol. The highest BCUT2D eigenvalue weighted by Gasteiger charge is 2.30. The van der Waals surface area contributed by atoms with E-state index in [9.17, 15) is 22.8 Å². The largest absolute Gasteiger partial charge is 0.416 e. The Kier molecular flexibility index (Phi) is 7.08. The molecule has 29 heavy (non-hydrogen) atoms. The Balaban J connectivity index is 2.03. The summed E-state index contributed by atoms with van der Waals surface area (Å²) in [6.45, 7) is 3.58. The maximum atomic E-state index is 12.8. The van der Waals surface area contributed by atoms with Crippen LogP contribution in [0.3, 0.4) is 0 Å². The summed E-state index contributed by atoms with van der Waals surface area (Å²) >= 11 is 5.90. The van der Waals surface area contributed by atoms with Crippen LogP contribution in [0.1, 0.15) is 22.3 Å². The fourth-order valence-electron chi connectivity index (χ4n) is 2.51. The van der Waals surface area contributed by atoms with Gasteiger partial charge in [0.2, 0.25) is 11.8 Å². The van der Waals surface area contributed by atoms with Crippen molar-refractivity contribution in [3.8, 4) is 0 Å². The average Bonchev–Trinajstić information content (AvgIpc) is 2.63. The molecule has 4 nitrogen and oxygen atoms in total. The van der Waals surface area contributed by atoms with Gasteiger partial charge in [-0.2, -0.15) is 13.2 Å². The molecule has 0 atom stereocenters. The number of rotatable bonds is 5. The van der Waals surface area contributed by atoms with E-state index < -0.39 is 17.6 Å². The minimum Gasteiger partial charge on any atom is -0.333 e. The molecule has 8 heteroatoms. The van der Waals surface area contributed by atoms with Crippen LogP contribution >= 0.6 is 11.6 Å². The number of hydrogen-bond donors (Lipinski definition) is 1. The minimum absolute atomic E-state index is 0.0584. The summed E-state index contributed by atoms with van der Waals surface area (Å²) in [5.74, 6) is -0.936. The third-order valence-electron chi connectivity index (χ3n) is 4.36. The van der Waals surface area contributed by atoms with Crippen LogP contribution in [-0.4, -0.2) is 30.3 Å². The number of carbonyl (C=O) groups is 2. The van der Waals surface area contributed by atoms with Gasteiger partial charge >= 0.3 is 6.18 Å². The van der Waals surface area contributed by atoms with E-state index in [4.69, 9.17) is 11.6 Å². The van der Waals surface area contributed by atoms with Gasteiger partial charge in [0.15, 0.2) is 0 Å². The molecule has 0 aliphatic carbocycles. The van der Waals surface area contributed by atoms with E-state index in [2.05, 4.69) is 5.32 Å². The van der Waals surface area contributed by atoms with Gasteiger partial charge in [-0.25, -0.2) is 0 Å². The first-order chi connectivity index (χ1) is 13.5. The van der Waals surface area contributed by atoms with Crippen molar-refractivity contribution < 1.29 is 22.8 Å². The van der Waals surface area contributed by atoms with Gasteiger partial charge in [-0.15, -0.1) is 0 Å². The topological polar surface area (TPSA) is 49.4 Å². The standard InChI is InChI=1S/C21H20ClF3N2O2/c1-13-5-4-6-18(14(13)2)26-19(28)12-27(3)20(29)10-7-15-11-16(21(23,24)25)8-9-17(15)22/h4-11H,12H2,1-3H3,(H,26,28)/b10-7+. The summed E-state index contributed by atoms with van der Waals surface area (Å²) in [6, 6.07) is 8.34. The normalized spacial score (nSPS) is 11.6. The Morgan fingerprint density at radius 1 is 1.17 bits per heavy atom. The highest BCUT2D eigenvalue weighted by Crippen LogP contribution is 2.32. The molecule has 2 aromatic rings. The molecule has 0 aliphatic heterocycles.